The normalized spacial score (nSPS) is 12.5. The molecule has 0 aliphatic heterocycles. The molecule has 1 aromatic carbocycles. The number of benzene rings is 1. The number of nitrogens with zero attached hydrogens (tertiary/aromatic N) is 1. The quantitative estimate of drug-likeness (QED) is 0.746. The number of amides is 1. The molecule has 0 fully saturated rings. The van der Waals surface area contributed by atoms with Crippen molar-refractivity contribution in [2.75, 3.05) is 19.6 Å². The highest BCUT2D eigenvalue weighted by atomic mass is 16.3. The van der Waals surface area contributed by atoms with Gasteiger partial charge in [0.2, 0.25) is 5.91 Å². The second-order valence-electron chi connectivity index (χ2n) is 5.45. The lowest BCUT2D eigenvalue weighted by Crippen LogP contribution is -2.35. The number of carbonyl (C=O) groups is 1. The number of likely N-dealkylation sites (N-methyl/N-ethyl adjacent to an activating group) is 1. The molecule has 0 spiro atoms. The SMILES string of the molecule is CCN(CC)C(CNCc1cccc(C(N)=O)c1)c1ccco1. The zero-order valence-corrected chi connectivity index (χ0v) is 13.8. The van der Waals surface area contributed by atoms with Crippen molar-refractivity contribution < 1.29 is 9.21 Å². The lowest BCUT2D eigenvalue weighted by Gasteiger charge is -2.28. The first-order chi connectivity index (χ1) is 11.2. The van der Waals surface area contributed by atoms with Crippen LogP contribution in [0.25, 0.3) is 0 Å². The highest BCUT2D eigenvalue weighted by molar-refractivity contribution is 5.92. The molecule has 2 rings (SSSR count). The molecular weight excluding hydrogens is 290 g/mol. The van der Waals surface area contributed by atoms with Crippen molar-refractivity contribution in [2.45, 2.75) is 26.4 Å². The molecule has 1 aromatic heterocycles. The Bertz CT molecular complexity index is 606. The molecule has 0 radical (unpaired) electrons. The Hall–Kier alpha value is -2.11. The Morgan fingerprint density at radius 3 is 2.65 bits per heavy atom. The van der Waals surface area contributed by atoms with E-state index in [1.165, 1.54) is 0 Å². The average molecular weight is 315 g/mol. The average Bonchev–Trinajstić information content (AvgIpc) is 3.09. The lowest BCUT2D eigenvalue weighted by molar-refractivity contribution is 0.1000. The van der Waals surface area contributed by atoms with E-state index in [0.717, 1.165) is 31.0 Å². The van der Waals surface area contributed by atoms with Crippen LogP contribution in [0.1, 0.15) is 41.6 Å². The molecule has 1 amide bonds. The summed E-state index contributed by atoms with van der Waals surface area (Å²) in [6.45, 7) is 7.67. The molecule has 124 valence electrons. The number of carbonyl (C=O) groups excluding carboxylic acids is 1. The molecule has 1 unspecified atom stereocenters. The third-order valence-electron chi connectivity index (χ3n) is 4.00. The summed E-state index contributed by atoms with van der Waals surface area (Å²) in [6, 6.07) is 11.5. The second kappa shape index (κ2) is 8.50. The zero-order valence-electron chi connectivity index (χ0n) is 13.8. The molecule has 5 heteroatoms. The van der Waals surface area contributed by atoms with E-state index in [0.29, 0.717) is 12.1 Å². The van der Waals surface area contributed by atoms with Gasteiger partial charge in [-0.3, -0.25) is 9.69 Å². The van der Waals surface area contributed by atoms with Crippen molar-refractivity contribution in [2.24, 2.45) is 5.73 Å². The van der Waals surface area contributed by atoms with Crippen molar-refractivity contribution in [3.8, 4) is 0 Å². The van der Waals surface area contributed by atoms with Crippen LogP contribution in [0.5, 0.6) is 0 Å². The van der Waals surface area contributed by atoms with Gasteiger partial charge in [0.1, 0.15) is 5.76 Å². The highest BCUT2D eigenvalue weighted by Crippen LogP contribution is 2.20. The summed E-state index contributed by atoms with van der Waals surface area (Å²) < 4.78 is 5.59. The van der Waals surface area contributed by atoms with Crippen molar-refractivity contribution in [3.05, 3.63) is 59.5 Å². The highest BCUT2D eigenvalue weighted by Gasteiger charge is 2.19. The summed E-state index contributed by atoms with van der Waals surface area (Å²) in [7, 11) is 0. The van der Waals surface area contributed by atoms with Gasteiger partial charge in [0.25, 0.3) is 0 Å². The van der Waals surface area contributed by atoms with E-state index in [1.54, 1.807) is 12.3 Å². The third kappa shape index (κ3) is 4.68. The van der Waals surface area contributed by atoms with Crippen molar-refractivity contribution in [1.82, 2.24) is 10.2 Å². The lowest BCUT2D eigenvalue weighted by atomic mass is 10.1. The smallest absolute Gasteiger partial charge is 0.248 e. The first-order valence-corrected chi connectivity index (χ1v) is 8.02. The van der Waals surface area contributed by atoms with Crippen LogP contribution in [0.4, 0.5) is 0 Å². The van der Waals surface area contributed by atoms with Gasteiger partial charge in [0.15, 0.2) is 0 Å². The van der Waals surface area contributed by atoms with Gasteiger partial charge >= 0.3 is 0 Å². The molecule has 0 aliphatic carbocycles. The summed E-state index contributed by atoms with van der Waals surface area (Å²) in [5.74, 6) is 0.565. The molecular formula is C18H25N3O2. The molecule has 2 aromatic rings. The molecule has 0 bridgehead atoms. The van der Waals surface area contributed by atoms with Gasteiger partial charge in [0.05, 0.1) is 12.3 Å². The fourth-order valence-corrected chi connectivity index (χ4v) is 2.74. The summed E-state index contributed by atoms with van der Waals surface area (Å²) >= 11 is 0. The van der Waals surface area contributed by atoms with E-state index in [4.69, 9.17) is 10.2 Å². The number of nitrogens with two attached hydrogens (primary N) is 1. The van der Waals surface area contributed by atoms with Gasteiger partial charge in [-0.1, -0.05) is 26.0 Å². The second-order valence-corrected chi connectivity index (χ2v) is 5.45. The van der Waals surface area contributed by atoms with Crippen LogP contribution < -0.4 is 11.1 Å². The van der Waals surface area contributed by atoms with Crippen LogP contribution in [-0.2, 0) is 6.54 Å². The van der Waals surface area contributed by atoms with Crippen molar-refractivity contribution in [3.63, 3.8) is 0 Å². The Kier molecular flexibility index (Phi) is 6.38. The monoisotopic (exact) mass is 315 g/mol. The summed E-state index contributed by atoms with van der Waals surface area (Å²) in [5.41, 5.74) is 6.90. The molecule has 5 nitrogen and oxygen atoms in total. The van der Waals surface area contributed by atoms with Gasteiger partial charge in [-0.05, 0) is 42.9 Å². The summed E-state index contributed by atoms with van der Waals surface area (Å²) in [5, 5.41) is 3.45. The van der Waals surface area contributed by atoms with E-state index in [9.17, 15) is 4.79 Å². The molecule has 0 saturated carbocycles. The predicted octanol–water partition coefficient (Wildman–Crippen LogP) is 2.55. The minimum Gasteiger partial charge on any atom is -0.468 e. The fourth-order valence-electron chi connectivity index (χ4n) is 2.74. The van der Waals surface area contributed by atoms with E-state index >= 15 is 0 Å². The molecule has 0 saturated heterocycles. The standard InChI is InChI=1S/C18H25N3O2/c1-3-21(4-2)16(17-9-6-10-23-17)13-20-12-14-7-5-8-15(11-14)18(19)22/h5-11,16,20H,3-4,12-13H2,1-2H3,(H2,19,22). The van der Waals surface area contributed by atoms with Gasteiger partial charge in [0, 0.05) is 18.7 Å². The topological polar surface area (TPSA) is 71.5 Å². The van der Waals surface area contributed by atoms with Crippen LogP contribution in [-0.4, -0.2) is 30.4 Å². The maximum absolute atomic E-state index is 11.2. The number of primary amides is 1. The largest absolute Gasteiger partial charge is 0.468 e. The van der Waals surface area contributed by atoms with Gasteiger partial charge in [-0.15, -0.1) is 0 Å². The van der Waals surface area contributed by atoms with E-state index < -0.39 is 5.91 Å². The Morgan fingerprint density at radius 1 is 1.26 bits per heavy atom. The van der Waals surface area contributed by atoms with Crippen LogP contribution >= 0.6 is 0 Å². The fraction of sp³-hybridized carbons (Fsp3) is 0.389. The van der Waals surface area contributed by atoms with Gasteiger partial charge < -0.3 is 15.5 Å². The minimum atomic E-state index is -0.400. The number of rotatable bonds is 9. The first-order valence-electron chi connectivity index (χ1n) is 8.02. The number of nitrogens with one attached hydrogen (secondary N) is 1. The molecule has 0 aliphatic rings. The van der Waals surface area contributed by atoms with Crippen LogP contribution in [0, 0.1) is 0 Å². The van der Waals surface area contributed by atoms with E-state index in [2.05, 4.69) is 24.1 Å². The molecule has 1 heterocycles. The maximum Gasteiger partial charge on any atom is 0.248 e. The first kappa shape index (κ1) is 17.2. The maximum atomic E-state index is 11.2. The number of hydrogen-bond donors (Lipinski definition) is 2. The zero-order chi connectivity index (χ0) is 16.7. The van der Waals surface area contributed by atoms with E-state index in [1.807, 2.05) is 30.3 Å². The third-order valence-corrected chi connectivity index (χ3v) is 4.00. The number of furan rings is 1. The van der Waals surface area contributed by atoms with Crippen LogP contribution in [0.15, 0.2) is 47.1 Å². The molecule has 23 heavy (non-hydrogen) atoms. The predicted molar refractivity (Wildman–Crippen MR) is 91.0 cm³/mol. The van der Waals surface area contributed by atoms with Crippen LogP contribution in [0.2, 0.25) is 0 Å². The van der Waals surface area contributed by atoms with Crippen molar-refractivity contribution >= 4 is 5.91 Å². The number of hydrogen-bond acceptors (Lipinski definition) is 4. The minimum absolute atomic E-state index is 0.194. The van der Waals surface area contributed by atoms with Crippen molar-refractivity contribution in [1.29, 1.82) is 0 Å². The van der Waals surface area contributed by atoms with E-state index in [-0.39, 0.29) is 6.04 Å². The van der Waals surface area contributed by atoms with Gasteiger partial charge in [-0.25, -0.2) is 0 Å². The Labute approximate surface area is 137 Å². The van der Waals surface area contributed by atoms with Gasteiger partial charge in [-0.2, -0.15) is 0 Å². The Balaban J connectivity index is 1.99. The van der Waals surface area contributed by atoms with Crippen LogP contribution in [0.3, 0.4) is 0 Å². The molecule has 1 atom stereocenters. The molecule has 3 N–H and O–H groups in total. The summed E-state index contributed by atoms with van der Waals surface area (Å²) in [6.07, 6.45) is 1.71. The Morgan fingerprint density at radius 2 is 2.04 bits per heavy atom. The summed E-state index contributed by atoms with van der Waals surface area (Å²) in [4.78, 5) is 13.6.